The van der Waals surface area contributed by atoms with E-state index in [0.717, 1.165) is 32.1 Å². The number of ether oxygens (including phenoxy) is 2. The van der Waals surface area contributed by atoms with Crippen LogP contribution < -0.4 is 10.1 Å². The fourth-order valence-corrected chi connectivity index (χ4v) is 2.98. The maximum atomic E-state index is 5.57. The summed E-state index contributed by atoms with van der Waals surface area (Å²) in [6.45, 7) is 3.71. The van der Waals surface area contributed by atoms with Gasteiger partial charge in [-0.05, 0) is 36.6 Å². The first-order valence-electron chi connectivity index (χ1n) is 6.37. The van der Waals surface area contributed by atoms with Crippen LogP contribution in [0.15, 0.2) is 12.1 Å². The van der Waals surface area contributed by atoms with Crippen LogP contribution in [-0.4, -0.2) is 20.2 Å². The molecule has 0 saturated carbocycles. The van der Waals surface area contributed by atoms with Crippen molar-refractivity contribution in [3.05, 3.63) is 28.8 Å². The third-order valence-corrected chi connectivity index (χ3v) is 3.84. The molecule has 1 N–H and O–H groups in total. The molecule has 0 aliphatic carbocycles. The Morgan fingerprint density at radius 1 is 1.35 bits per heavy atom. The molecule has 0 amide bonds. The SMILES string of the molecule is COc1ccc2c(c1C1CCCNC1)COC2. The molecule has 1 fully saturated rings. The van der Waals surface area contributed by atoms with E-state index in [1.54, 1.807) is 7.11 Å². The van der Waals surface area contributed by atoms with E-state index in [-0.39, 0.29) is 0 Å². The Morgan fingerprint density at radius 2 is 2.29 bits per heavy atom. The molecule has 2 heterocycles. The maximum absolute atomic E-state index is 5.57. The van der Waals surface area contributed by atoms with Crippen molar-refractivity contribution < 1.29 is 9.47 Å². The minimum atomic E-state index is 0.579. The summed E-state index contributed by atoms with van der Waals surface area (Å²) in [6, 6.07) is 4.23. The Hall–Kier alpha value is -1.06. The molecule has 1 aromatic carbocycles. The molecule has 0 bridgehead atoms. The lowest BCUT2D eigenvalue weighted by atomic mass is 9.86. The van der Waals surface area contributed by atoms with Crippen molar-refractivity contribution in [3.63, 3.8) is 0 Å². The minimum Gasteiger partial charge on any atom is -0.496 e. The van der Waals surface area contributed by atoms with Gasteiger partial charge in [0.2, 0.25) is 0 Å². The molecular weight excluding hydrogens is 214 g/mol. The van der Waals surface area contributed by atoms with E-state index in [4.69, 9.17) is 9.47 Å². The van der Waals surface area contributed by atoms with Crippen LogP contribution >= 0.6 is 0 Å². The fraction of sp³-hybridized carbons (Fsp3) is 0.571. The van der Waals surface area contributed by atoms with E-state index >= 15 is 0 Å². The monoisotopic (exact) mass is 233 g/mol. The average molecular weight is 233 g/mol. The first-order valence-corrected chi connectivity index (χ1v) is 6.37. The van der Waals surface area contributed by atoms with Gasteiger partial charge in [0.15, 0.2) is 0 Å². The predicted molar refractivity (Wildman–Crippen MR) is 66.3 cm³/mol. The summed E-state index contributed by atoms with van der Waals surface area (Å²) in [6.07, 6.45) is 2.50. The van der Waals surface area contributed by atoms with Gasteiger partial charge < -0.3 is 14.8 Å². The molecule has 0 radical (unpaired) electrons. The number of methoxy groups -OCH3 is 1. The van der Waals surface area contributed by atoms with Crippen LogP contribution in [0.4, 0.5) is 0 Å². The third kappa shape index (κ3) is 1.94. The lowest BCUT2D eigenvalue weighted by Crippen LogP contribution is -2.29. The second-order valence-electron chi connectivity index (χ2n) is 4.86. The van der Waals surface area contributed by atoms with Gasteiger partial charge in [-0.1, -0.05) is 6.07 Å². The van der Waals surface area contributed by atoms with Gasteiger partial charge in [-0.25, -0.2) is 0 Å². The van der Waals surface area contributed by atoms with Crippen LogP contribution in [0.3, 0.4) is 0 Å². The van der Waals surface area contributed by atoms with Crippen molar-refractivity contribution in [2.24, 2.45) is 0 Å². The van der Waals surface area contributed by atoms with Crippen molar-refractivity contribution >= 4 is 0 Å². The summed E-state index contributed by atoms with van der Waals surface area (Å²) in [5.74, 6) is 1.61. The van der Waals surface area contributed by atoms with Gasteiger partial charge in [0, 0.05) is 18.0 Å². The van der Waals surface area contributed by atoms with E-state index in [0.29, 0.717) is 5.92 Å². The van der Waals surface area contributed by atoms with E-state index < -0.39 is 0 Å². The first-order chi connectivity index (χ1) is 8.40. The highest BCUT2D eigenvalue weighted by Crippen LogP contribution is 2.38. The number of benzene rings is 1. The van der Waals surface area contributed by atoms with E-state index in [2.05, 4.69) is 17.4 Å². The molecule has 3 rings (SSSR count). The van der Waals surface area contributed by atoms with Gasteiger partial charge in [-0.2, -0.15) is 0 Å². The van der Waals surface area contributed by atoms with Crippen molar-refractivity contribution in [3.8, 4) is 5.75 Å². The summed E-state index contributed by atoms with van der Waals surface area (Å²) < 4.78 is 11.1. The Kier molecular flexibility index (Phi) is 3.04. The van der Waals surface area contributed by atoms with Crippen LogP contribution in [0.25, 0.3) is 0 Å². The first kappa shape index (κ1) is 11.1. The largest absolute Gasteiger partial charge is 0.496 e. The van der Waals surface area contributed by atoms with E-state index in [1.165, 1.54) is 29.5 Å². The van der Waals surface area contributed by atoms with Crippen molar-refractivity contribution in [1.29, 1.82) is 0 Å². The molecule has 1 atom stereocenters. The van der Waals surface area contributed by atoms with Gasteiger partial charge in [0.25, 0.3) is 0 Å². The van der Waals surface area contributed by atoms with Crippen LogP contribution in [0.2, 0.25) is 0 Å². The second kappa shape index (κ2) is 4.67. The molecule has 2 aliphatic heterocycles. The van der Waals surface area contributed by atoms with E-state index in [9.17, 15) is 0 Å². The summed E-state index contributed by atoms with van der Waals surface area (Å²) in [5.41, 5.74) is 4.10. The highest BCUT2D eigenvalue weighted by Gasteiger charge is 2.26. The molecule has 92 valence electrons. The smallest absolute Gasteiger partial charge is 0.122 e. The molecule has 1 unspecified atom stereocenters. The highest BCUT2D eigenvalue weighted by molar-refractivity contribution is 5.48. The van der Waals surface area contributed by atoms with Crippen molar-refractivity contribution in [2.45, 2.75) is 32.0 Å². The zero-order valence-corrected chi connectivity index (χ0v) is 10.3. The molecule has 0 aromatic heterocycles. The zero-order chi connectivity index (χ0) is 11.7. The quantitative estimate of drug-likeness (QED) is 0.849. The number of nitrogens with one attached hydrogen (secondary N) is 1. The molecule has 1 saturated heterocycles. The molecule has 0 spiro atoms. The maximum Gasteiger partial charge on any atom is 0.122 e. The van der Waals surface area contributed by atoms with Crippen LogP contribution in [-0.2, 0) is 18.0 Å². The Labute approximate surface area is 102 Å². The summed E-state index contributed by atoms with van der Waals surface area (Å²) in [5, 5.41) is 3.48. The van der Waals surface area contributed by atoms with Gasteiger partial charge in [-0.3, -0.25) is 0 Å². The summed E-state index contributed by atoms with van der Waals surface area (Å²) in [4.78, 5) is 0. The van der Waals surface area contributed by atoms with Crippen molar-refractivity contribution in [2.75, 3.05) is 20.2 Å². The number of hydrogen-bond acceptors (Lipinski definition) is 3. The number of rotatable bonds is 2. The average Bonchev–Trinajstić information content (AvgIpc) is 2.86. The molecule has 17 heavy (non-hydrogen) atoms. The second-order valence-corrected chi connectivity index (χ2v) is 4.86. The van der Waals surface area contributed by atoms with Gasteiger partial charge in [0.1, 0.15) is 5.75 Å². The van der Waals surface area contributed by atoms with Gasteiger partial charge in [-0.15, -0.1) is 0 Å². The van der Waals surface area contributed by atoms with Gasteiger partial charge >= 0.3 is 0 Å². The molecule has 2 aliphatic rings. The minimum absolute atomic E-state index is 0.579. The molecule has 3 nitrogen and oxygen atoms in total. The Bertz CT molecular complexity index is 411. The number of fused-ring (bicyclic) bond motifs is 1. The third-order valence-electron chi connectivity index (χ3n) is 3.84. The van der Waals surface area contributed by atoms with Gasteiger partial charge in [0.05, 0.1) is 20.3 Å². The molecule has 1 aromatic rings. The highest BCUT2D eigenvalue weighted by atomic mass is 16.5. The molecule has 3 heteroatoms. The van der Waals surface area contributed by atoms with Crippen LogP contribution in [0.1, 0.15) is 35.4 Å². The standard InChI is InChI=1S/C14H19NO2/c1-16-13-5-4-11-8-17-9-12(11)14(13)10-3-2-6-15-7-10/h4-5,10,15H,2-3,6-9H2,1H3. The number of hydrogen-bond donors (Lipinski definition) is 1. The Morgan fingerprint density at radius 3 is 3.06 bits per heavy atom. The van der Waals surface area contributed by atoms with E-state index in [1.807, 2.05) is 0 Å². The lowest BCUT2D eigenvalue weighted by molar-refractivity contribution is 0.134. The predicted octanol–water partition coefficient (Wildman–Crippen LogP) is 2.19. The zero-order valence-electron chi connectivity index (χ0n) is 10.3. The Balaban J connectivity index is 2.02. The molecular formula is C14H19NO2. The van der Waals surface area contributed by atoms with Crippen molar-refractivity contribution in [1.82, 2.24) is 5.32 Å². The normalized spacial score (nSPS) is 23.5. The topological polar surface area (TPSA) is 30.5 Å². The number of piperidine rings is 1. The summed E-state index contributed by atoms with van der Waals surface area (Å²) in [7, 11) is 1.76. The lowest BCUT2D eigenvalue weighted by Gasteiger charge is -2.26. The summed E-state index contributed by atoms with van der Waals surface area (Å²) >= 11 is 0. The van der Waals surface area contributed by atoms with Crippen LogP contribution in [0.5, 0.6) is 5.75 Å². The fourth-order valence-electron chi connectivity index (χ4n) is 2.98. The van der Waals surface area contributed by atoms with Crippen LogP contribution in [0, 0.1) is 0 Å².